The summed E-state index contributed by atoms with van der Waals surface area (Å²) in [5.74, 6) is 0.810. The van der Waals surface area contributed by atoms with Gasteiger partial charge in [0, 0.05) is 12.6 Å². The van der Waals surface area contributed by atoms with Gasteiger partial charge < -0.3 is 20.6 Å². The molecule has 0 radical (unpaired) electrons. The van der Waals surface area contributed by atoms with Crippen LogP contribution in [0.25, 0.3) is 0 Å². The maximum absolute atomic E-state index is 12.5. The second-order valence-corrected chi connectivity index (χ2v) is 7.57. The lowest BCUT2D eigenvalue weighted by Gasteiger charge is -2.26. The summed E-state index contributed by atoms with van der Waals surface area (Å²) < 4.78 is 0. The van der Waals surface area contributed by atoms with Crippen molar-refractivity contribution in [3.05, 3.63) is 65.7 Å². The molecule has 27 heavy (non-hydrogen) atoms. The van der Waals surface area contributed by atoms with E-state index < -0.39 is 0 Å². The number of urea groups is 1. The van der Waals surface area contributed by atoms with Crippen molar-refractivity contribution in [2.45, 2.75) is 31.3 Å². The summed E-state index contributed by atoms with van der Waals surface area (Å²) in [7, 11) is 4.03. The molecule has 1 aliphatic rings. The lowest BCUT2D eigenvalue weighted by atomic mass is 10.0. The Balaban J connectivity index is 1.54. The quantitative estimate of drug-likeness (QED) is 0.671. The van der Waals surface area contributed by atoms with Crippen LogP contribution in [0, 0.1) is 5.92 Å². The lowest BCUT2D eigenvalue weighted by Crippen LogP contribution is -2.46. The van der Waals surface area contributed by atoms with Gasteiger partial charge in [-0.3, -0.25) is 0 Å². The van der Waals surface area contributed by atoms with Gasteiger partial charge in [0.2, 0.25) is 0 Å². The summed E-state index contributed by atoms with van der Waals surface area (Å²) in [6, 6.07) is 17.6. The number of phenolic OH excluding ortho intramolecular Hbond substituents is 1. The lowest BCUT2D eigenvalue weighted by molar-refractivity contribution is 0.227. The molecule has 0 heterocycles. The molecule has 2 aromatic carbocycles. The molecule has 3 N–H and O–H groups in total. The molecular weight excluding hydrogens is 338 g/mol. The van der Waals surface area contributed by atoms with Crippen LogP contribution in [0.2, 0.25) is 0 Å². The summed E-state index contributed by atoms with van der Waals surface area (Å²) >= 11 is 0. The molecule has 2 aromatic rings. The van der Waals surface area contributed by atoms with Crippen LogP contribution in [-0.2, 0) is 6.42 Å². The fourth-order valence-corrected chi connectivity index (χ4v) is 3.31. The van der Waals surface area contributed by atoms with Crippen LogP contribution in [0.4, 0.5) is 4.79 Å². The normalized spacial score (nSPS) is 16.0. The summed E-state index contributed by atoms with van der Waals surface area (Å²) in [4.78, 5) is 14.6. The van der Waals surface area contributed by atoms with E-state index >= 15 is 0 Å². The molecule has 1 aliphatic carbocycles. The first-order valence-electron chi connectivity index (χ1n) is 9.56. The SMILES string of the molecule is CN(C)[C@H](CNC(=O)N[C@@H](c1ccccc1)C1CC1)Cc1ccc(O)cc1. The van der Waals surface area contributed by atoms with Gasteiger partial charge in [-0.05, 0) is 62.5 Å². The van der Waals surface area contributed by atoms with Crippen LogP contribution < -0.4 is 10.6 Å². The highest BCUT2D eigenvalue weighted by atomic mass is 16.3. The number of rotatable bonds is 8. The number of carbonyl (C=O) groups is 1. The van der Waals surface area contributed by atoms with Gasteiger partial charge in [0.15, 0.2) is 0 Å². The molecule has 0 saturated heterocycles. The van der Waals surface area contributed by atoms with Crippen molar-refractivity contribution in [3.8, 4) is 5.75 Å². The number of hydrogen-bond acceptors (Lipinski definition) is 3. The van der Waals surface area contributed by atoms with Crippen molar-refractivity contribution in [2.75, 3.05) is 20.6 Å². The summed E-state index contributed by atoms with van der Waals surface area (Å²) in [5.41, 5.74) is 2.30. The molecule has 0 aliphatic heterocycles. The number of benzene rings is 2. The van der Waals surface area contributed by atoms with Crippen molar-refractivity contribution < 1.29 is 9.90 Å². The van der Waals surface area contributed by atoms with E-state index in [1.54, 1.807) is 12.1 Å². The fraction of sp³-hybridized carbons (Fsp3) is 0.409. The zero-order valence-corrected chi connectivity index (χ0v) is 16.1. The summed E-state index contributed by atoms with van der Waals surface area (Å²) in [5, 5.41) is 15.6. The number of amides is 2. The Morgan fingerprint density at radius 3 is 2.37 bits per heavy atom. The molecule has 0 unspecified atom stereocenters. The second-order valence-electron chi connectivity index (χ2n) is 7.57. The third-order valence-electron chi connectivity index (χ3n) is 5.17. The Morgan fingerprint density at radius 2 is 1.78 bits per heavy atom. The number of carbonyl (C=O) groups excluding carboxylic acids is 1. The molecule has 2 amide bonds. The van der Waals surface area contributed by atoms with Gasteiger partial charge in [-0.15, -0.1) is 0 Å². The fourth-order valence-electron chi connectivity index (χ4n) is 3.31. The molecule has 5 heteroatoms. The van der Waals surface area contributed by atoms with Crippen molar-refractivity contribution in [2.24, 2.45) is 5.92 Å². The Morgan fingerprint density at radius 1 is 1.11 bits per heavy atom. The maximum Gasteiger partial charge on any atom is 0.315 e. The molecule has 0 spiro atoms. The predicted molar refractivity (Wildman–Crippen MR) is 108 cm³/mol. The number of phenols is 1. The van der Waals surface area contributed by atoms with Crippen molar-refractivity contribution >= 4 is 6.03 Å². The number of nitrogens with one attached hydrogen (secondary N) is 2. The van der Waals surface area contributed by atoms with E-state index in [-0.39, 0.29) is 23.9 Å². The van der Waals surface area contributed by atoms with Crippen LogP contribution in [0.5, 0.6) is 5.75 Å². The van der Waals surface area contributed by atoms with Crippen LogP contribution in [0.1, 0.15) is 30.0 Å². The van der Waals surface area contributed by atoms with Gasteiger partial charge >= 0.3 is 6.03 Å². The highest BCUT2D eigenvalue weighted by molar-refractivity contribution is 5.74. The standard InChI is InChI=1S/C22H29N3O2/c1-25(2)19(14-16-8-12-20(26)13-9-16)15-23-22(27)24-21(18-10-11-18)17-6-4-3-5-7-17/h3-9,12-13,18-19,21,26H,10-11,14-15H2,1-2H3,(H2,23,24,27)/t19-,21-/m0/s1. The van der Waals surface area contributed by atoms with Crippen molar-refractivity contribution in [1.82, 2.24) is 15.5 Å². The number of hydrogen-bond donors (Lipinski definition) is 3. The van der Waals surface area contributed by atoms with Gasteiger partial charge in [0.05, 0.1) is 6.04 Å². The average Bonchev–Trinajstić information content (AvgIpc) is 3.50. The third kappa shape index (κ3) is 5.73. The zero-order valence-electron chi connectivity index (χ0n) is 16.1. The largest absolute Gasteiger partial charge is 0.508 e. The third-order valence-corrected chi connectivity index (χ3v) is 5.17. The Kier molecular flexibility index (Phi) is 6.35. The molecule has 5 nitrogen and oxygen atoms in total. The molecule has 2 atom stereocenters. The smallest absolute Gasteiger partial charge is 0.315 e. The first-order valence-corrected chi connectivity index (χ1v) is 9.56. The van der Waals surface area contributed by atoms with Crippen LogP contribution >= 0.6 is 0 Å². The van der Waals surface area contributed by atoms with E-state index in [0.717, 1.165) is 12.0 Å². The molecule has 0 aromatic heterocycles. The Bertz CT molecular complexity index is 727. The molecule has 1 fully saturated rings. The van der Waals surface area contributed by atoms with E-state index in [0.29, 0.717) is 12.5 Å². The van der Waals surface area contributed by atoms with Crippen LogP contribution in [-0.4, -0.2) is 42.7 Å². The van der Waals surface area contributed by atoms with Crippen molar-refractivity contribution in [1.29, 1.82) is 0 Å². The van der Waals surface area contributed by atoms with Gasteiger partial charge in [0.25, 0.3) is 0 Å². The minimum Gasteiger partial charge on any atom is -0.508 e. The van der Waals surface area contributed by atoms with Crippen molar-refractivity contribution in [3.63, 3.8) is 0 Å². The number of aromatic hydroxyl groups is 1. The Labute approximate surface area is 161 Å². The zero-order chi connectivity index (χ0) is 19.2. The molecular formula is C22H29N3O2. The van der Waals surface area contributed by atoms with Crippen LogP contribution in [0.15, 0.2) is 54.6 Å². The molecule has 1 saturated carbocycles. The number of likely N-dealkylation sites (N-methyl/N-ethyl adjacent to an activating group) is 1. The van der Waals surface area contributed by atoms with E-state index in [4.69, 9.17) is 0 Å². The van der Waals surface area contributed by atoms with Crippen LogP contribution in [0.3, 0.4) is 0 Å². The molecule has 3 rings (SSSR count). The Hall–Kier alpha value is -2.53. The molecule has 144 valence electrons. The minimum atomic E-state index is -0.117. The second kappa shape index (κ2) is 8.91. The topological polar surface area (TPSA) is 64.6 Å². The minimum absolute atomic E-state index is 0.0844. The summed E-state index contributed by atoms with van der Waals surface area (Å²) in [6.45, 7) is 0.561. The van der Waals surface area contributed by atoms with E-state index in [2.05, 4.69) is 27.7 Å². The van der Waals surface area contributed by atoms with Gasteiger partial charge in [-0.2, -0.15) is 0 Å². The van der Waals surface area contributed by atoms with Gasteiger partial charge in [-0.25, -0.2) is 4.79 Å². The predicted octanol–water partition coefficient (Wildman–Crippen LogP) is 3.32. The average molecular weight is 367 g/mol. The summed E-state index contributed by atoms with van der Waals surface area (Å²) in [6.07, 6.45) is 3.14. The highest BCUT2D eigenvalue weighted by Crippen LogP contribution is 2.40. The first-order chi connectivity index (χ1) is 13.0. The van der Waals surface area contributed by atoms with Gasteiger partial charge in [0.1, 0.15) is 5.75 Å². The molecule has 0 bridgehead atoms. The number of nitrogens with zero attached hydrogens (tertiary/aromatic N) is 1. The van der Waals surface area contributed by atoms with E-state index in [1.807, 2.05) is 44.4 Å². The monoisotopic (exact) mass is 367 g/mol. The maximum atomic E-state index is 12.5. The van der Waals surface area contributed by atoms with Gasteiger partial charge in [-0.1, -0.05) is 42.5 Å². The van der Waals surface area contributed by atoms with E-state index in [9.17, 15) is 9.90 Å². The van der Waals surface area contributed by atoms with E-state index in [1.165, 1.54) is 18.4 Å². The highest BCUT2D eigenvalue weighted by Gasteiger charge is 2.33. The first kappa shape index (κ1) is 19.2.